The Bertz CT molecular complexity index is 867. The van der Waals surface area contributed by atoms with Crippen LogP contribution in [-0.2, 0) is 0 Å². The van der Waals surface area contributed by atoms with Gasteiger partial charge in [0.05, 0.1) is 7.11 Å². The molecular formula is C16H14FN5O2. The Morgan fingerprint density at radius 2 is 2.08 bits per heavy atom. The molecule has 1 amide bonds. The van der Waals surface area contributed by atoms with Crippen molar-refractivity contribution in [2.24, 2.45) is 0 Å². The summed E-state index contributed by atoms with van der Waals surface area (Å²) in [5.74, 6) is -0.180. The second-order valence-electron chi connectivity index (χ2n) is 4.99. The molecule has 2 aromatic carbocycles. The van der Waals surface area contributed by atoms with Crippen LogP contribution in [0.2, 0.25) is 0 Å². The van der Waals surface area contributed by atoms with Crippen molar-refractivity contribution < 1.29 is 13.9 Å². The van der Waals surface area contributed by atoms with E-state index in [-0.39, 0.29) is 5.91 Å². The van der Waals surface area contributed by atoms with Crippen molar-refractivity contribution in [3.63, 3.8) is 0 Å². The number of aromatic nitrogens is 4. The van der Waals surface area contributed by atoms with Crippen LogP contribution in [0.15, 0.2) is 48.8 Å². The molecule has 0 aliphatic rings. The fourth-order valence-electron chi connectivity index (χ4n) is 2.27. The molecule has 0 N–H and O–H groups in total. The molecule has 24 heavy (non-hydrogen) atoms. The summed E-state index contributed by atoms with van der Waals surface area (Å²) < 4.78 is 20.0. The van der Waals surface area contributed by atoms with E-state index in [1.165, 1.54) is 35.2 Å². The maximum atomic E-state index is 13.4. The van der Waals surface area contributed by atoms with Crippen molar-refractivity contribution in [2.45, 2.75) is 0 Å². The van der Waals surface area contributed by atoms with Crippen molar-refractivity contribution in [1.29, 1.82) is 0 Å². The van der Waals surface area contributed by atoms with Crippen molar-refractivity contribution in [3.8, 4) is 11.4 Å². The summed E-state index contributed by atoms with van der Waals surface area (Å²) >= 11 is 0. The van der Waals surface area contributed by atoms with Crippen LogP contribution in [0.25, 0.3) is 5.69 Å². The first-order valence-corrected chi connectivity index (χ1v) is 7.05. The number of hydrogen-bond acceptors (Lipinski definition) is 5. The number of hydrogen-bond donors (Lipinski definition) is 0. The molecule has 0 saturated carbocycles. The van der Waals surface area contributed by atoms with E-state index in [2.05, 4.69) is 15.5 Å². The number of ether oxygens (including phenoxy) is 1. The summed E-state index contributed by atoms with van der Waals surface area (Å²) in [6.45, 7) is 0. The summed E-state index contributed by atoms with van der Waals surface area (Å²) in [7, 11) is 3.10. The van der Waals surface area contributed by atoms with E-state index < -0.39 is 5.82 Å². The van der Waals surface area contributed by atoms with E-state index in [1.807, 2.05) is 0 Å². The maximum Gasteiger partial charge on any atom is 0.258 e. The van der Waals surface area contributed by atoms with Crippen LogP contribution in [0.3, 0.4) is 0 Å². The molecule has 3 aromatic rings. The zero-order valence-corrected chi connectivity index (χ0v) is 13.0. The summed E-state index contributed by atoms with van der Waals surface area (Å²) in [6, 6.07) is 10.7. The van der Waals surface area contributed by atoms with E-state index >= 15 is 0 Å². The number of carbonyl (C=O) groups is 1. The molecule has 0 spiro atoms. The van der Waals surface area contributed by atoms with Crippen LogP contribution in [0.4, 0.5) is 10.1 Å². The molecule has 3 rings (SSSR count). The fourth-order valence-corrected chi connectivity index (χ4v) is 2.27. The number of tetrazole rings is 1. The highest BCUT2D eigenvalue weighted by Crippen LogP contribution is 2.25. The number of halogens is 1. The molecule has 0 atom stereocenters. The second-order valence-corrected chi connectivity index (χ2v) is 4.99. The zero-order chi connectivity index (χ0) is 17.1. The monoisotopic (exact) mass is 327 g/mol. The molecular weight excluding hydrogens is 313 g/mol. The average Bonchev–Trinajstić information content (AvgIpc) is 3.14. The number of nitrogens with zero attached hydrogens (tertiary/aromatic N) is 5. The Morgan fingerprint density at radius 3 is 2.75 bits per heavy atom. The quantitative estimate of drug-likeness (QED) is 0.733. The lowest BCUT2D eigenvalue weighted by atomic mass is 10.1. The van der Waals surface area contributed by atoms with Gasteiger partial charge in [-0.05, 0) is 46.8 Å². The topological polar surface area (TPSA) is 73.1 Å². The molecule has 8 heteroatoms. The summed E-state index contributed by atoms with van der Waals surface area (Å²) in [5.41, 5.74) is 1.38. The summed E-state index contributed by atoms with van der Waals surface area (Å²) in [4.78, 5) is 14.0. The van der Waals surface area contributed by atoms with Crippen molar-refractivity contribution >= 4 is 11.6 Å². The molecule has 0 aliphatic heterocycles. The van der Waals surface area contributed by atoms with Gasteiger partial charge in [-0.3, -0.25) is 4.79 Å². The predicted octanol–water partition coefficient (Wildman–Crippen LogP) is 2.09. The summed E-state index contributed by atoms with van der Waals surface area (Å²) in [6.07, 6.45) is 1.41. The van der Waals surface area contributed by atoms with Gasteiger partial charge < -0.3 is 9.64 Å². The smallest absolute Gasteiger partial charge is 0.258 e. The lowest BCUT2D eigenvalue weighted by Gasteiger charge is -2.18. The first kappa shape index (κ1) is 15.6. The minimum Gasteiger partial charge on any atom is -0.494 e. The second kappa shape index (κ2) is 6.45. The van der Waals surface area contributed by atoms with E-state index in [0.717, 1.165) is 0 Å². The molecule has 0 radical (unpaired) electrons. The molecule has 0 bridgehead atoms. The van der Waals surface area contributed by atoms with Crippen molar-refractivity contribution in [1.82, 2.24) is 20.2 Å². The van der Waals surface area contributed by atoms with Gasteiger partial charge in [0.15, 0.2) is 0 Å². The summed E-state index contributed by atoms with van der Waals surface area (Å²) in [5, 5.41) is 11.0. The van der Waals surface area contributed by atoms with Gasteiger partial charge >= 0.3 is 0 Å². The van der Waals surface area contributed by atoms with Gasteiger partial charge in [-0.2, -0.15) is 4.68 Å². The van der Waals surface area contributed by atoms with Crippen LogP contribution < -0.4 is 9.64 Å². The largest absolute Gasteiger partial charge is 0.494 e. The van der Waals surface area contributed by atoms with Gasteiger partial charge in [-0.15, -0.1) is 5.10 Å². The van der Waals surface area contributed by atoms with E-state index in [4.69, 9.17) is 4.74 Å². The molecule has 7 nitrogen and oxygen atoms in total. The average molecular weight is 327 g/mol. The van der Waals surface area contributed by atoms with Gasteiger partial charge in [-0.25, -0.2) is 4.39 Å². The predicted molar refractivity (Wildman–Crippen MR) is 84.8 cm³/mol. The molecule has 0 aliphatic carbocycles. The standard InChI is InChI=1S/C16H14FN5O2/c1-21(13-5-3-4-12(17)9-13)16(23)11-6-7-15(24-2)14(8-11)22-10-18-19-20-22/h3-10H,1-2H3. The van der Waals surface area contributed by atoms with Crippen LogP contribution >= 0.6 is 0 Å². The fraction of sp³-hybridized carbons (Fsp3) is 0.125. The number of rotatable bonds is 4. The Labute approximate surface area is 137 Å². The maximum absolute atomic E-state index is 13.4. The first-order valence-electron chi connectivity index (χ1n) is 7.05. The zero-order valence-electron chi connectivity index (χ0n) is 13.0. The third-order valence-electron chi connectivity index (χ3n) is 3.52. The molecule has 0 saturated heterocycles. The lowest BCUT2D eigenvalue weighted by Crippen LogP contribution is -2.26. The normalized spacial score (nSPS) is 10.5. The Morgan fingerprint density at radius 1 is 1.25 bits per heavy atom. The van der Waals surface area contributed by atoms with Gasteiger partial charge in [0.25, 0.3) is 5.91 Å². The minimum atomic E-state index is -0.406. The van der Waals surface area contributed by atoms with Crippen LogP contribution in [0, 0.1) is 5.82 Å². The van der Waals surface area contributed by atoms with Gasteiger partial charge in [0.2, 0.25) is 0 Å². The van der Waals surface area contributed by atoms with Crippen LogP contribution in [0.1, 0.15) is 10.4 Å². The Kier molecular flexibility index (Phi) is 4.19. The molecule has 0 fully saturated rings. The Balaban J connectivity index is 1.97. The third-order valence-corrected chi connectivity index (χ3v) is 3.52. The molecule has 1 aromatic heterocycles. The number of anilines is 1. The highest BCUT2D eigenvalue weighted by molar-refractivity contribution is 6.06. The highest BCUT2D eigenvalue weighted by atomic mass is 19.1. The van der Waals surface area contributed by atoms with Gasteiger partial charge in [0.1, 0.15) is 23.6 Å². The van der Waals surface area contributed by atoms with E-state index in [0.29, 0.717) is 22.7 Å². The number of amides is 1. The van der Waals surface area contributed by atoms with Crippen LogP contribution in [0.5, 0.6) is 5.75 Å². The first-order chi connectivity index (χ1) is 11.6. The molecule has 122 valence electrons. The minimum absolute atomic E-state index is 0.294. The number of carbonyl (C=O) groups excluding carboxylic acids is 1. The van der Waals surface area contributed by atoms with Gasteiger partial charge in [0, 0.05) is 18.3 Å². The van der Waals surface area contributed by atoms with Crippen LogP contribution in [-0.4, -0.2) is 40.3 Å². The van der Waals surface area contributed by atoms with Gasteiger partial charge in [-0.1, -0.05) is 6.07 Å². The van der Waals surface area contributed by atoms with E-state index in [9.17, 15) is 9.18 Å². The third kappa shape index (κ3) is 2.94. The number of benzene rings is 2. The lowest BCUT2D eigenvalue weighted by molar-refractivity contribution is 0.0993. The Hall–Kier alpha value is -3.29. The SMILES string of the molecule is COc1ccc(C(=O)N(C)c2cccc(F)c2)cc1-n1cnnn1. The molecule has 0 unspecified atom stereocenters. The van der Waals surface area contributed by atoms with Crippen molar-refractivity contribution in [3.05, 3.63) is 60.2 Å². The van der Waals surface area contributed by atoms with E-state index in [1.54, 1.807) is 37.4 Å². The molecule has 1 heterocycles. The number of methoxy groups -OCH3 is 1. The van der Waals surface area contributed by atoms with Crippen molar-refractivity contribution in [2.75, 3.05) is 19.1 Å². The highest BCUT2D eigenvalue weighted by Gasteiger charge is 2.17.